The lowest BCUT2D eigenvalue weighted by Gasteiger charge is -2.08. The molecule has 0 radical (unpaired) electrons. The number of aromatic nitrogens is 1. The van der Waals surface area contributed by atoms with Crippen LogP contribution in [-0.2, 0) is 16.4 Å². The van der Waals surface area contributed by atoms with Crippen LogP contribution in [0, 0.1) is 6.92 Å². The topological polar surface area (TPSA) is 79.0 Å². The smallest absolute Gasteiger partial charge is 0.273 e. The molecule has 2 aromatic carbocycles. The van der Waals surface area contributed by atoms with Crippen LogP contribution in [0.15, 0.2) is 61.0 Å². The van der Waals surface area contributed by atoms with E-state index in [1.807, 2.05) is 25.1 Å². The van der Waals surface area contributed by atoms with E-state index >= 15 is 0 Å². The second-order valence-corrected chi connectivity index (χ2v) is 12.6. The maximum absolute atomic E-state index is 12.7. The number of nitrogens with one attached hydrogen (secondary N) is 2. The van der Waals surface area contributed by atoms with Gasteiger partial charge in [0, 0.05) is 38.1 Å². The number of carbonyl (C=O) groups is 1. The highest BCUT2D eigenvalue weighted by molar-refractivity contribution is 9.11. The summed E-state index contributed by atoms with van der Waals surface area (Å²) in [7, 11) is -3.94. The largest absolute Gasteiger partial charge is 0.358 e. The third-order valence-electron chi connectivity index (χ3n) is 4.80. The molecule has 160 valence electrons. The van der Waals surface area contributed by atoms with Crippen LogP contribution in [0.25, 0.3) is 10.9 Å². The highest BCUT2D eigenvalue weighted by Crippen LogP contribution is 2.30. The number of fused-ring (bicyclic) bond motifs is 1. The zero-order valence-corrected chi connectivity index (χ0v) is 21.6. The fourth-order valence-corrected chi connectivity index (χ4v) is 7.00. The zero-order valence-electron chi connectivity index (χ0n) is 16.0. The number of hydrogen-bond donors (Lipinski definition) is 2. The number of carbonyl (C=O) groups excluding carboxylic acids is 1. The van der Waals surface area contributed by atoms with Gasteiger partial charge in [-0.25, -0.2) is 13.1 Å². The van der Waals surface area contributed by atoms with Gasteiger partial charge in [-0.1, -0.05) is 33.6 Å². The quantitative estimate of drug-likeness (QED) is 0.277. The first-order valence-electron chi connectivity index (χ1n) is 9.01. The summed E-state index contributed by atoms with van der Waals surface area (Å²) in [4.78, 5) is 16.0. The first-order chi connectivity index (χ1) is 14.6. The van der Waals surface area contributed by atoms with Gasteiger partial charge in [0.2, 0.25) is 0 Å². The van der Waals surface area contributed by atoms with Crippen molar-refractivity contribution in [2.45, 2.75) is 17.6 Å². The van der Waals surface area contributed by atoms with E-state index in [4.69, 9.17) is 11.6 Å². The van der Waals surface area contributed by atoms with Crippen LogP contribution in [0.5, 0.6) is 0 Å². The Hall–Kier alpha value is -1.65. The summed E-state index contributed by atoms with van der Waals surface area (Å²) < 4.78 is 28.8. The Bertz CT molecular complexity index is 1430. The van der Waals surface area contributed by atoms with Gasteiger partial charge in [0.05, 0.1) is 3.79 Å². The molecule has 0 atom stereocenters. The number of hydrogen-bond acceptors (Lipinski definition) is 4. The molecule has 5 nitrogen and oxygen atoms in total. The first-order valence-corrected chi connectivity index (χ1v) is 13.3. The molecule has 10 heteroatoms. The van der Waals surface area contributed by atoms with Gasteiger partial charge in [0.25, 0.3) is 15.9 Å². The molecule has 0 fully saturated rings. The summed E-state index contributed by atoms with van der Waals surface area (Å²) in [6.07, 6.45) is 0.574. The molecule has 2 aromatic heterocycles. The number of sulfonamides is 1. The van der Waals surface area contributed by atoms with Crippen LogP contribution in [0.4, 0.5) is 0 Å². The first kappa shape index (κ1) is 22.5. The molecule has 0 saturated carbocycles. The monoisotopic (exact) mass is 600 g/mol. The number of H-pyrrole nitrogens is 1. The van der Waals surface area contributed by atoms with Crippen molar-refractivity contribution in [3.63, 3.8) is 0 Å². The molecule has 0 aliphatic heterocycles. The van der Waals surface area contributed by atoms with Gasteiger partial charge < -0.3 is 4.98 Å². The van der Waals surface area contributed by atoms with Gasteiger partial charge in [-0.15, -0.1) is 11.3 Å². The highest BCUT2D eigenvalue weighted by Gasteiger charge is 2.21. The number of rotatable bonds is 5. The molecule has 0 spiro atoms. The number of thiophene rings is 1. The van der Waals surface area contributed by atoms with Gasteiger partial charge in [-0.2, -0.15) is 0 Å². The van der Waals surface area contributed by atoms with E-state index in [1.165, 1.54) is 6.07 Å². The molecule has 0 saturated heterocycles. The van der Waals surface area contributed by atoms with Crippen LogP contribution in [0.3, 0.4) is 0 Å². The lowest BCUT2D eigenvalue weighted by atomic mass is 10.0. The normalized spacial score (nSPS) is 11.7. The summed E-state index contributed by atoms with van der Waals surface area (Å²) in [5.74, 6) is -0.683. The fraction of sp³-hybridized carbons (Fsp3) is 0.0952. The van der Waals surface area contributed by atoms with Crippen molar-refractivity contribution in [2.24, 2.45) is 0 Å². The van der Waals surface area contributed by atoms with Crippen molar-refractivity contribution in [3.8, 4) is 0 Å². The van der Waals surface area contributed by atoms with Crippen molar-refractivity contribution < 1.29 is 13.2 Å². The van der Waals surface area contributed by atoms with Crippen molar-refractivity contribution in [1.82, 2.24) is 9.71 Å². The minimum atomic E-state index is -3.94. The number of aromatic amines is 1. The highest BCUT2D eigenvalue weighted by atomic mass is 79.9. The second-order valence-electron chi connectivity index (χ2n) is 6.89. The Morgan fingerprint density at radius 1 is 1.13 bits per heavy atom. The summed E-state index contributed by atoms with van der Waals surface area (Å²) in [6.45, 7) is 1.96. The van der Waals surface area contributed by atoms with Gasteiger partial charge >= 0.3 is 0 Å². The Labute approximate surface area is 205 Å². The molecule has 0 aliphatic rings. The molecule has 4 aromatic rings. The number of halogens is 3. The Kier molecular flexibility index (Phi) is 6.33. The van der Waals surface area contributed by atoms with Crippen LogP contribution in [-0.4, -0.2) is 19.3 Å². The maximum atomic E-state index is 12.7. The summed E-state index contributed by atoms with van der Waals surface area (Å²) in [5, 5.41) is 1.49. The second kappa shape index (κ2) is 8.71. The molecule has 0 aliphatic carbocycles. The van der Waals surface area contributed by atoms with E-state index in [9.17, 15) is 13.2 Å². The van der Waals surface area contributed by atoms with E-state index in [1.54, 1.807) is 24.3 Å². The fourth-order valence-electron chi connectivity index (χ4n) is 3.28. The third-order valence-corrected chi connectivity index (χ3v) is 9.10. The minimum absolute atomic E-state index is 0.0665. The SMILES string of the molecule is Cc1[nH]c2ccc(C(=O)NS(=O)(=O)c3ccc(Br)s3)cc2c1Cc1ccc(Br)cc1Cl. The van der Waals surface area contributed by atoms with Gasteiger partial charge in [-0.3, -0.25) is 4.79 Å². The van der Waals surface area contributed by atoms with Crippen LogP contribution in [0.1, 0.15) is 27.2 Å². The molecular formula is C21H15Br2ClN2O3S2. The average molecular weight is 603 g/mol. The summed E-state index contributed by atoms with van der Waals surface area (Å²) in [6, 6.07) is 13.9. The summed E-state index contributed by atoms with van der Waals surface area (Å²) >= 11 is 14.1. The van der Waals surface area contributed by atoms with Crippen molar-refractivity contribution in [3.05, 3.63) is 84.2 Å². The lowest BCUT2D eigenvalue weighted by molar-refractivity contribution is 0.0981. The minimum Gasteiger partial charge on any atom is -0.358 e. The molecule has 2 heterocycles. The van der Waals surface area contributed by atoms with Crippen LogP contribution in [0.2, 0.25) is 5.02 Å². The standard InChI is InChI=1S/C21H15Br2ClN2O3S2/c1-11-15(8-12-2-4-14(22)10-17(12)24)16-9-13(3-5-18(16)25-11)21(27)26-31(28,29)20-7-6-19(23)30-20/h2-7,9-10,25H,8H2,1H3,(H,26,27). The number of benzene rings is 2. The predicted molar refractivity (Wildman–Crippen MR) is 132 cm³/mol. The average Bonchev–Trinajstić information content (AvgIpc) is 3.27. The van der Waals surface area contributed by atoms with E-state index in [-0.39, 0.29) is 9.77 Å². The van der Waals surface area contributed by atoms with Crippen LogP contribution < -0.4 is 4.72 Å². The zero-order chi connectivity index (χ0) is 22.3. The number of amides is 1. The van der Waals surface area contributed by atoms with E-state index < -0.39 is 15.9 Å². The Morgan fingerprint density at radius 3 is 2.58 bits per heavy atom. The summed E-state index contributed by atoms with van der Waals surface area (Å²) in [5.41, 5.74) is 4.03. The van der Waals surface area contributed by atoms with E-state index in [0.29, 0.717) is 15.2 Å². The predicted octanol–water partition coefficient (Wildman–Crippen LogP) is 6.43. The van der Waals surface area contributed by atoms with Crippen molar-refractivity contribution in [2.75, 3.05) is 0 Å². The lowest BCUT2D eigenvalue weighted by Crippen LogP contribution is -2.30. The maximum Gasteiger partial charge on any atom is 0.273 e. The number of aryl methyl sites for hydroxylation is 1. The van der Waals surface area contributed by atoms with E-state index in [2.05, 4.69) is 41.6 Å². The van der Waals surface area contributed by atoms with Crippen molar-refractivity contribution in [1.29, 1.82) is 0 Å². The van der Waals surface area contributed by atoms with Gasteiger partial charge in [0.1, 0.15) is 4.21 Å². The molecular weight excluding hydrogens is 588 g/mol. The molecule has 0 unspecified atom stereocenters. The van der Waals surface area contributed by atoms with E-state index in [0.717, 1.165) is 43.5 Å². The molecule has 1 amide bonds. The molecule has 2 N–H and O–H groups in total. The third kappa shape index (κ3) is 4.75. The molecule has 4 rings (SSSR count). The van der Waals surface area contributed by atoms with Gasteiger partial charge in [0.15, 0.2) is 0 Å². The Balaban J connectivity index is 1.67. The van der Waals surface area contributed by atoms with Gasteiger partial charge in [-0.05, 0) is 76.4 Å². The van der Waals surface area contributed by atoms with Crippen molar-refractivity contribution >= 4 is 81.6 Å². The van der Waals surface area contributed by atoms with Crippen LogP contribution >= 0.6 is 54.8 Å². The molecule has 31 heavy (non-hydrogen) atoms. The Morgan fingerprint density at radius 2 is 1.90 bits per heavy atom. The molecule has 0 bridgehead atoms.